The number of carbonyl (C=O) groups is 1. The predicted octanol–water partition coefficient (Wildman–Crippen LogP) is 2.64. The molecular formula is C15H19FN4O. The molecule has 0 saturated carbocycles. The standard InChI is InChI=1S/C15H19FN4O/c1-10-8-11(2)20(19-10)7-3-4-15(21)18-14-9-12(17)5-6-13(14)16/h5-6,8-9H,3-4,7,17H2,1-2H3,(H,18,21). The number of aromatic nitrogens is 2. The molecule has 0 fully saturated rings. The summed E-state index contributed by atoms with van der Waals surface area (Å²) in [6.07, 6.45) is 0.935. The molecular weight excluding hydrogens is 271 g/mol. The Bertz CT molecular complexity index is 651. The van der Waals surface area contributed by atoms with Gasteiger partial charge in [0, 0.05) is 24.3 Å². The highest BCUT2D eigenvalue weighted by molar-refractivity contribution is 5.91. The molecule has 6 heteroatoms. The second-order valence-corrected chi connectivity index (χ2v) is 5.04. The summed E-state index contributed by atoms with van der Waals surface area (Å²) in [7, 11) is 0. The summed E-state index contributed by atoms with van der Waals surface area (Å²) in [5.41, 5.74) is 8.12. The van der Waals surface area contributed by atoms with Crippen LogP contribution < -0.4 is 11.1 Å². The summed E-state index contributed by atoms with van der Waals surface area (Å²) in [6.45, 7) is 4.56. The fourth-order valence-electron chi connectivity index (χ4n) is 2.14. The first-order valence-electron chi connectivity index (χ1n) is 6.81. The van der Waals surface area contributed by atoms with Gasteiger partial charge in [-0.3, -0.25) is 9.48 Å². The molecule has 0 unspecified atom stereocenters. The summed E-state index contributed by atoms with van der Waals surface area (Å²) >= 11 is 0. The van der Waals surface area contributed by atoms with Gasteiger partial charge >= 0.3 is 0 Å². The van der Waals surface area contributed by atoms with Crippen molar-refractivity contribution in [2.75, 3.05) is 11.1 Å². The highest BCUT2D eigenvalue weighted by Gasteiger charge is 2.08. The van der Waals surface area contributed by atoms with Gasteiger partial charge in [0.25, 0.3) is 0 Å². The maximum Gasteiger partial charge on any atom is 0.224 e. The van der Waals surface area contributed by atoms with Gasteiger partial charge in [0.1, 0.15) is 5.82 Å². The fourth-order valence-corrected chi connectivity index (χ4v) is 2.14. The van der Waals surface area contributed by atoms with Crippen LogP contribution in [-0.2, 0) is 11.3 Å². The van der Waals surface area contributed by atoms with E-state index in [-0.39, 0.29) is 11.6 Å². The number of anilines is 2. The largest absolute Gasteiger partial charge is 0.399 e. The molecule has 1 aromatic heterocycles. The normalized spacial score (nSPS) is 10.6. The molecule has 2 rings (SSSR count). The topological polar surface area (TPSA) is 72.9 Å². The first kappa shape index (κ1) is 15.0. The number of nitrogens with two attached hydrogens (primary N) is 1. The van der Waals surface area contributed by atoms with Crippen LogP contribution in [0, 0.1) is 19.7 Å². The Hall–Kier alpha value is -2.37. The van der Waals surface area contributed by atoms with E-state index in [4.69, 9.17) is 5.73 Å². The number of carbonyl (C=O) groups excluding carboxylic acids is 1. The van der Waals surface area contributed by atoms with Crippen molar-refractivity contribution in [2.24, 2.45) is 0 Å². The lowest BCUT2D eigenvalue weighted by molar-refractivity contribution is -0.116. The van der Waals surface area contributed by atoms with Crippen LogP contribution in [-0.4, -0.2) is 15.7 Å². The van der Waals surface area contributed by atoms with Crippen molar-refractivity contribution in [3.63, 3.8) is 0 Å². The third-order valence-electron chi connectivity index (χ3n) is 3.14. The van der Waals surface area contributed by atoms with Crippen molar-refractivity contribution in [2.45, 2.75) is 33.2 Å². The van der Waals surface area contributed by atoms with Gasteiger partial charge in [0.15, 0.2) is 0 Å². The van der Waals surface area contributed by atoms with Crippen LogP contribution in [0.4, 0.5) is 15.8 Å². The van der Waals surface area contributed by atoms with Crippen molar-refractivity contribution >= 4 is 17.3 Å². The van der Waals surface area contributed by atoms with E-state index in [9.17, 15) is 9.18 Å². The molecule has 0 spiro atoms. The molecule has 0 bridgehead atoms. The molecule has 0 aliphatic heterocycles. The third kappa shape index (κ3) is 4.05. The number of halogens is 1. The fraction of sp³-hybridized carbons (Fsp3) is 0.333. The van der Waals surface area contributed by atoms with E-state index in [0.717, 1.165) is 11.4 Å². The van der Waals surface area contributed by atoms with Gasteiger partial charge in [-0.15, -0.1) is 0 Å². The highest BCUT2D eigenvalue weighted by atomic mass is 19.1. The molecule has 2 aromatic rings. The van der Waals surface area contributed by atoms with E-state index in [2.05, 4.69) is 10.4 Å². The second kappa shape index (κ2) is 6.39. The van der Waals surface area contributed by atoms with E-state index in [1.165, 1.54) is 18.2 Å². The van der Waals surface area contributed by atoms with Gasteiger partial charge < -0.3 is 11.1 Å². The Balaban J connectivity index is 1.85. The zero-order valence-corrected chi connectivity index (χ0v) is 12.2. The first-order valence-corrected chi connectivity index (χ1v) is 6.81. The van der Waals surface area contributed by atoms with Crippen LogP contribution in [0.15, 0.2) is 24.3 Å². The summed E-state index contributed by atoms with van der Waals surface area (Å²) in [6, 6.07) is 6.09. The first-order chi connectivity index (χ1) is 9.95. The lowest BCUT2D eigenvalue weighted by Gasteiger charge is -2.08. The number of benzene rings is 1. The van der Waals surface area contributed by atoms with Crippen LogP contribution in [0.3, 0.4) is 0 Å². The van der Waals surface area contributed by atoms with Crippen LogP contribution in [0.1, 0.15) is 24.2 Å². The van der Waals surface area contributed by atoms with Gasteiger partial charge in [-0.1, -0.05) is 0 Å². The number of nitrogens with one attached hydrogen (secondary N) is 1. The predicted molar refractivity (Wildman–Crippen MR) is 80.4 cm³/mol. The maximum absolute atomic E-state index is 13.5. The Morgan fingerprint density at radius 3 is 2.81 bits per heavy atom. The van der Waals surface area contributed by atoms with Crippen LogP contribution in [0.25, 0.3) is 0 Å². The molecule has 0 atom stereocenters. The Labute approximate surface area is 123 Å². The second-order valence-electron chi connectivity index (χ2n) is 5.04. The van der Waals surface area contributed by atoms with E-state index >= 15 is 0 Å². The average Bonchev–Trinajstić information content (AvgIpc) is 2.72. The summed E-state index contributed by atoms with van der Waals surface area (Å²) in [4.78, 5) is 11.8. The summed E-state index contributed by atoms with van der Waals surface area (Å²) in [5, 5.41) is 6.86. The molecule has 1 heterocycles. The lowest BCUT2D eigenvalue weighted by Crippen LogP contribution is -2.14. The number of nitrogen functional groups attached to an aromatic ring is 1. The number of nitrogens with zero attached hydrogens (tertiary/aromatic N) is 2. The van der Waals surface area contributed by atoms with Crippen LogP contribution >= 0.6 is 0 Å². The quantitative estimate of drug-likeness (QED) is 0.831. The summed E-state index contributed by atoms with van der Waals surface area (Å²) in [5.74, 6) is -0.725. The van der Waals surface area contributed by atoms with Crippen molar-refractivity contribution < 1.29 is 9.18 Å². The van der Waals surface area contributed by atoms with Crippen molar-refractivity contribution in [3.8, 4) is 0 Å². The molecule has 112 valence electrons. The van der Waals surface area contributed by atoms with Gasteiger partial charge in [-0.2, -0.15) is 5.10 Å². The van der Waals surface area contributed by atoms with Gasteiger partial charge in [0.05, 0.1) is 11.4 Å². The Kier molecular flexibility index (Phi) is 4.57. The van der Waals surface area contributed by atoms with E-state index < -0.39 is 5.82 Å². The SMILES string of the molecule is Cc1cc(C)n(CCCC(=O)Nc2cc(N)ccc2F)n1. The molecule has 1 amide bonds. The average molecular weight is 290 g/mol. The number of hydrogen-bond donors (Lipinski definition) is 2. The highest BCUT2D eigenvalue weighted by Crippen LogP contribution is 2.17. The smallest absolute Gasteiger partial charge is 0.224 e. The molecule has 1 aromatic carbocycles. The Morgan fingerprint density at radius 1 is 1.38 bits per heavy atom. The Morgan fingerprint density at radius 2 is 2.14 bits per heavy atom. The minimum atomic E-state index is -0.490. The van der Waals surface area contributed by atoms with E-state index in [1.807, 2.05) is 24.6 Å². The minimum absolute atomic E-state index is 0.117. The molecule has 0 aliphatic rings. The minimum Gasteiger partial charge on any atom is -0.399 e. The van der Waals surface area contributed by atoms with Gasteiger partial charge in [0.2, 0.25) is 5.91 Å². The molecule has 0 radical (unpaired) electrons. The zero-order chi connectivity index (χ0) is 15.4. The summed E-state index contributed by atoms with van der Waals surface area (Å²) < 4.78 is 15.4. The van der Waals surface area contributed by atoms with Gasteiger partial charge in [-0.05, 0) is 44.5 Å². The monoisotopic (exact) mass is 290 g/mol. The number of rotatable bonds is 5. The zero-order valence-electron chi connectivity index (χ0n) is 12.2. The number of aryl methyl sites for hydroxylation is 3. The number of hydrogen-bond acceptors (Lipinski definition) is 3. The molecule has 3 N–H and O–H groups in total. The number of amides is 1. The van der Waals surface area contributed by atoms with Gasteiger partial charge in [-0.25, -0.2) is 4.39 Å². The van der Waals surface area contributed by atoms with Crippen LogP contribution in [0.5, 0.6) is 0 Å². The van der Waals surface area contributed by atoms with Crippen LogP contribution in [0.2, 0.25) is 0 Å². The molecule has 5 nitrogen and oxygen atoms in total. The maximum atomic E-state index is 13.5. The third-order valence-corrected chi connectivity index (χ3v) is 3.14. The van der Waals surface area contributed by atoms with Crippen molar-refractivity contribution in [1.29, 1.82) is 0 Å². The van der Waals surface area contributed by atoms with Crippen molar-refractivity contribution in [3.05, 3.63) is 41.5 Å². The van der Waals surface area contributed by atoms with Crippen molar-refractivity contribution in [1.82, 2.24) is 9.78 Å². The molecule has 0 aliphatic carbocycles. The molecule has 21 heavy (non-hydrogen) atoms. The lowest BCUT2D eigenvalue weighted by atomic mass is 10.2. The molecule has 0 saturated heterocycles. The van der Waals surface area contributed by atoms with E-state index in [0.29, 0.717) is 25.1 Å². The van der Waals surface area contributed by atoms with E-state index in [1.54, 1.807) is 0 Å².